The Morgan fingerprint density at radius 1 is 0.920 bits per heavy atom. The third-order valence-corrected chi connectivity index (χ3v) is 4.56. The Labute approximate surface area is 145 Å². The summed E-state index contributed by atoms with van der Waals surface area (Å²) in [6.45, 7) is 10.5. The van der Waals surface area contributed by atoms with Crippen LogP contribution >= 0.6 is 0 Å². The van der Waals surface area contributed by atoms with Gasteiger partial charge < -0.3 is 9.40 Å². The van der Waals surface area contributed by atoms with Crippen LogP contribution in [0.1, 0.15) is 51.8 Å². The molecule has 0 radical (unpaired) electrons. The van der Waals surface area contributed by atoms with Crippen LogP contribution < -0.4 is 0 Å². The Balaban J connectivity index is 1.81. The average molecular weight is 335 g/mol. The van der Waals surface area contributed by atoms with E-state index in [-0.39, 0.29) is 10.8 Å². The van der Waals surface area contributed by atoms with Gasteiger partial charge in [0, 0.05) is 35.0 Å². The van der Waals surface area contributed by atoms with Crippen molar-refractivity contribution in [1.29, 1.82) is 0 Å². The minimum absolute atomic E-state index is 0.0768. The quantitative estimate of drug-likeness (QED) is 0.596. The van der Waals surface area contributed by atoms with E-state index in [0.29, 0.717) is 5.71 Å². The molecule has 128 valence electrons. The third kappa shape index (κ3) is 2.58. The second kappa shape index (κ2) is 5.12. The van der Waals surface area contributed by atoms with E-state index < -0.39 is 0 Å². The summed E-state index contributed by atoms with van der Waals surface area (Å²) in [5, 5.41) is 0. The van der Waals surface area contributed by atoms with Crippen molar-refractivity contribution in [2.24, 2.45) is 0 Å². The highest BCUT2D eigenvalue weighted by Crippen LogP contribution is 2.33. The van der Waals surface area contributed by atoms with Crippen LogP contribution in [0.25, 0.3) is 22.4 Å². The molecule has 1 N–H and O–H groups in total. The molecule has 4 aromatic heterocycles. The van der Waals surface area contributed by atoms with E-state index in [1.807, 2.05) is 18.3 Å². The van der Waals surface area contributed by atoms with Gasteiger partial charge in [-0.15, -0.1) is 0 Å². The minimum atomic E-state index is -0.377. The molecule has 0 aliphatic heterocycles. The largest absolute Gasteiger partial charge is 0.441 e. The van der Waals surface area contributed by atoms with Crippen LogP contribution in [0.3, 0.4) is 0 Å². The van der Waals surface area contributed by atoms with Gasteiger partial charge in [-0.25, -0.2) is 15.0 Å². The highest BCUT2D eigenvalue weighted by Gasteiger charge is 2.29. The highest BCUT2D eigenvalue weighted by atomic mass is 16.3. The number of rotatable bonds is 2. The summed E-state index contributed by atoms with van der Waals surface area (Å²) in [6, 6.07) is 3.98. The summed E-state index contributed by atoms with van der Waals surface area (Å²) in [5.74, 6) is 0.886. The van der Waals surface area contributed by atoms with Crippen molar-refractivity contribution in [2.45, 2.75) is 45.4 Å². The molecule has 4 aromatic rings. The summed E-state index contributed by atoms with van der Waals surface area (Å²) >= 11 is 0. The van der Waals surface area contributed by atoms with E-state index in [9.17, 15) is 0 Å². The monoisotopic (exact) mass is 335 g/mol. The molecule has 0 amide bonds. The molecule has 0 unspecified atom stereocenters. The number of hydrogen-bond donors (Lipinski definition) is 1. The second-order valence-corrected chi connectivity index (χ2v) is 7.90. The summed E-state index contributed by atoms with van der Waals surface area (Å²) in [5.41, 5.74) is 4.34. The van der Waals surface area contributed by atoms with Gasteiger partial charge in [0.25, 0.3) is 0 Å². The molecule has 0 aromatic carbocycles. The molecule has 6 heteroatoms. The molecule has 0 saturated heterocycles. The van der Waals surface area contributed by atoms with E-state index in [4.69, 9.17) is 9.40 Å². The summed E-state index contributed by atoms with van der Waals surface area (Å²) < 4.78 is 5.95. The van der Waals surface area contributed by atoms with Gasteiger partial charge in [-0.05, 0) is 19.9 Å². The molecule has 0 bridgehead atoms. The van der Waals surface area contributed by atoms with Crippen molar-refractivity contribution in [1.82, 2.24) is 24.9 Å². The van der Waals surface area contributed by atoms with Gasteiger partial charge in [-0.1, -0.05) is 20.8 Å². The van der Waals surface area contributed by atoms with Crippen LogP contribution in [0.2, 0.25) is 0 Å². The van der Waals surface area contributed by atoms with Crippen molar-refractivity contribution >= 4 is 22.4 Å². The van der Waals surface area contributed by atoms with Crippen molar-refractivity contribution in [3.05, 3.63) is 47.9 Å². The first-order valence-corrected chi connectivity index (χ1v) is 8.33. The maximum atomic E-state index is 5.95. The first-order valence-electron chi connectivity index (χ1n) is 8.33. The van der Waals surface area contributed by atoms with Crippen LogP contribution in [-0.4, -0.2) is 24.9 Å². The predicted molar refractivity (Wildman–Crippen MR) is 96.5 cm³/mol. The van der Waals surface area contributed by atoms with Gasteiger partial charge in [0.15, 0.2) is 5.65 Å². The fourth-order valence-corrected chi connectivity index (χ4v) is 2.81. The normalized spacial score (nSPS) is 13.0. The fraction of sp³-hybridized carbons (Fsp3) is 0.368. The first kappa shape index (κ1) is 15.7. The number of aromatic nitrogens is 5. The maximum Gasteiger partial charge on any atom is 0.245 e. The summed E-state index contributed by atoms with van der Waals surface area (Å²) in [4.78, 5) is 21.3. The number of furan rings is 1. The van der Waals surface area contributed by atoms with E-state index in [2.05, 4.69) is 54.6 Å². The zero-order chi connectivity index (χ0) is 17.8. The van der Waals surface area contributed by atoms with Gasteiger partial charge >= 0.3 is 0 Å². The molecule has 0 saturated carbocycles. The smallest absolute Gasteiger partial charge is 0.245 e. The summed E-state index contributed by atoms with van der Waals surface area (Å²) in [6.07, 6.45) is 5.19. The molecule has 6 nitrogen and oxygen atoms in total. The second-order valence-electron chi connectivity index (χ2n) is 7.90. The highest BCUT2D eigenvalue weighted by molar-refractivity contribution is 5.72. The molecular formula is C19H21N5O. The van der Waals surface area contributed by atoms with Crippen LogP contribution in [0, 0.1) is 0 Å². The Morgan fingerprint density at radius 2 is 1.68 bits per heavy atom. The van der Waals surface area contributed by atoms with Gasteiger partial charge in [0.1, 0.15) is 16.8 Å². The van der Waals surface area contributed by atoms with Crippen molar-refractivity contribution in [3.8, 4) is 0 Å². The molecule has 0 aliphatic rings. The standard InChI is InChI=1S/C19H21N5O/c1-18(2,3)15-9-12-17(25-15)24-14(10-22-12)19(4,5)13-8-11-16(23-13)21-7-6-20-11/h6-10H,1-5H3,(H,21,23). The Hall–Kier alpha value is -2.76. The topological polar surface area (TPSA) is 80.5 Å². The molecule has 0 aliphatic carbocycles. The fourth-order valence-electron chi connectivity index (χ4n) is 2.81. The molecule has 25 heavy (non-hydrogen) atoms. The number of aromatic amines is 1. The minimum Gasteiger partial charge on any atom is -0.441 e. The lowest BCUT2D eigenvalue weighted by Crippen LogP contribution is -2.21. The van der Waals surface area contributed by atoms with Gasteiger partial charge in [-0.3, -0.25) is 4.98 Å². The zero-order valence-corrected chi connectivity index (χ0v) is 15.1. The number of H-pyrrole nitrogens is 1. The number of fused-ring (bicyclic) bond motifs is 2. The lowest BCUT2D eigenvalue weighted by molar-refractivity contribution is 0.424. The van der Waals surface area contributed by atoms with Crippen LogP contribution in [0.15, 0.2) is 35.1 Å². The van der Waals surface area contributed by atoms with E-state index >= 15 is 0 Å². The van der Waals surface area contributed by atoms with Crippen molar-refractivity contribution in [3.63, 3.8) is 0 Å². The van der Waals surface area contributed by atoms with Crippen LogP contribution in [-0.2, 0) is 10.8 Å². The van der Waals surface area contributed by atoms with E-state index in [0.717, 1.165) is 33.8 Å². The van der Waals surface area contributed by atoms with Crippen LogP contribution in [0.4, 0.5) is 0 Å². The predicted octanol–water partition coefficient (Wildman–Crippen LogP) is 4.12. The van der Waals surface area contributed by atoms with E-state index in [1.54, 1.807) is 12.4 Å². The molecule has 4 rings (SSSR count). The summed E-state index contributed by atoms with van der Waals surface area (Å²) in [7, 11) is 0. The van der Waals surface area contributed by atoms with Gasteiger partial charge in [0.2, 0.25) is 5.71 Å². The van der Waals surface area contributed by atoms with Gasteiger partial charge in [-0.2, -0.15) is 0 Å². The first-order chi connectivity index (χ1) is 11.7. The number of hydrogen-bond acceptors (Lipinski definition) is 5. The molecule has 4 heterocycles. The number of nitrogens with zero attached hydrogens (tertiary/aromatic N) is 4. The Kier molecular flexibility index (Phi) is 3.22. The average Bonchev–Trinajstić information content (AvgIpc) is 3.18. The third-order valence-electron chi connectivity index (χ3n) is 4.56. The Bertz CT molecular complexity index is 1040. The zero-order valence-electron chi connectivity index (χ0n) is 15.1. The molecule has 0 fully saturated rings. The van der Waals surface area contributed by atoms with Crippen LogP contribution in [0.5, 0.6) is 0 Å². The lowest BCUT2D eigenvalue weighted by atomic mass is 9.86. The van der Waals surface area contributed by atoms with E-state index in [1.165, 1.54) is 0 Å². The molecular weight excluding hydrogens is 314 g/mol. The molecule has 0 spiro atoms. The van der Waals surface area contributed by atoms with Gasteiger partial charge in [0.05, 0.1) is 11.9 Å². The maximum absolute atomic E-state index is 5.95. The Morgan fingerprint density at radius 3 is 2.40 bits per heavy atom. The lowest BCUT2D eigenvalue weighted by Gasteiger charge is -2.22. The molecule has 0 atom stereocenters. The van der Waals surface area contributed by atoms with Crippen molar-refractivity contribution < 1.29 is 4.42 Å². The SMILES string of the molecule is CC(C)(C)c1cc2ncc(C(C)(C)c3cc4nccnc4[nH]3)nc2o1. The number of nitrogens with one attached hydrogen (secondary N) is 1. The van der Waals surface area contributed by atoms with Crippen molar-refractivity contribution in [2.75, 3.05) is 0 Å².